The van der Waals surface area contributed by atoms with Gasteiger partial charge in [-0.2, -0.15) is 13.2 Å². The SMILES string of the molecule is NN(C(=O)c1ccccc1Cl)c1cccc(C(F)(F)F)c1. The molecule has 0 saturated carbocycles. The van der Waals surface area contributed by atoms with Gasteiger partial charge >= 0.3 is 6.18 Å². The van der Waals surface area contributed by atoms with E-state index in [1.807, 2.05) is 0 Å². The highest BCUT2D eigenvalue weighted by Gasteiger charge is 2.31. The van der Waals surface area contributed by atoms with Crippen molar-refractivity contribution < 1.29 is 18.0 Å². The van der Waals surface area contributed by atoms with Crippen LogP contribution in [0.1, 0.15) is 15.9 Å². The van der Waals surface area contributed by atoms with E-state index in [0.29, 0.717) is 5.01 Å². The van der Waals surface area contributed by atoms with Crippen LogP contribution in [0.5, 0.6) is 0 Å². The number of rotatable bonds is 2. The molecule has 1 amide bonds. The number of nitrogens with zero attached hydrogens (tertiary/aromatic N) is 1. The van der Waals surface area contributed by atoms with Crippen LogP contribution in [0.3, 0.4) is 0 Å². The van der Waals surface area contributed by atoms with Crippen molar-refractivity contribution >= 4 is 23.2 Å². The Morgan fingerprint density at radius 1 is 1.10 bits per heavy atom. The van der Waals surface area contributed by atoms with Gasteiger partial charge in [-0.3, -0.25) is 4.79 Å². The van der Waals surface area contributed by atoms with Crippen LogP contribution in [-0.4, -0.2) is 5.91 Å². The average Bonchev–Trinajstić information content (AvgIpc) is 2.45. The molecule has 0 saturated heterocycles. The molecule has 2 aromatic rings. The third-order valence-corrected chi connectivity index (χ3v) is 3.10. The highest BCUT2D eigenvalue weighted by atomic mass is 35.5. The van der Waals surface area contributed by atoms with Crippen LogP contribution in [0, 0.1) is 0 Å². The van der Waals surface area contributed by atoms with Crippen molar-refractivity contribution in [3.63, 3.8) is 0 Å². The molecule has 7 heteroatoms. The van der Waals surface area contributed by atoms with Gasteiger partial charge in [-0.05, 0) is 30.3 Å². The van der Waals surface area contributed by atoms with E-state index < -0.39 is 17.6 Å². The van der Waals surface area contributed by atoms with Crippen molar-refractivity contribution in [2.45, 2.75) is 6.18 Å². The molecule has 2 aromatic carbocycles. The van der Waals surface area contributed by atoms with Crippen LogP contribution in [0.4, 0.5) is 18.9 Å². The number of hydrogen-bond acceptors (Lipinski definition) is 2. The van der Waals surface area contributed by atoms with Crippen LogP contribution in [0.2, 0.25) is 5.02 Å². The van der Waals surface area contributed by atoms with Crippen molar-refractivity contribution in [3.8, 4) is 0 Å². The number of amides is 1. The van der Waals surface area contributed by atoms with Crippen LogP contribution in [0.25, 0.3) is 0 Å². The lowest BCUT2D eigenvalue weighted by Crippen LogP contribution is -2.37. The molecule has 0 bridgehead atoms. The number of nitrogens with two attached hydrogens (primary N) is 1. The van der Waals surface area contributed by atoms with Gasteiger partial charge in [-0.15, -0.1) is 0 Å². The maximum atomic E-state index is 12.7. The van der Waals surface area contributed by atoms with Crippen molar-refractivity contribution in [2.75, 3.05) is 5.01 Å². The second-order valence-electron chi connectivity index (χ2n) is 4.20. The summed E-state index contributed by atoms with van der Waals surface area (Å²) >= 11 is 5.87. The zero-order valence-corrected chi connectivity index (χ0v) is 11.3. The number of carbonyl (C=O) groups is 1. The van der Waals surface area contributed by atoms with E-state index in [1.165, 1.54) is 24.3 Å². The second-order valence-corrected chi connectivity index (χ2v) is 4.61. The molecule has 3 nitrogen and oxygen atoms in total. The molecule has 0 aliphatic rings. The lowest BCUT2D eigenvalue weighted by Gasteiger charge is -2.18. The smallest absolute Gasteiger partial charge is 0.267 e. The molecule has 0 aromatic heterocycles. The summed E-state index contributed by atoms with van der Waals surface area (Å²) in [6.07, 6.45) is -4.51. The summed E-state index contributed by atoms with van der Waals surface area (Å²) in [6.45, 7) is 0. The van der Waals surface area contributed by atoms with E-state index in [4.69, 9.17) is 17.4 Å². The number of carbonyl (C=O) groups excluding carboxylic acids is 1. The highest BCUT2D eigenvalue weighted by molar-refractivity contribution is 6.34. The first kappa shape index (κ1) is 15.3. The number of anilines is 1. The van der Waals surface area contributed by atoms with Gasteiger partial charge < -0.3 is 0 Å². The van der Waals surface area contributed by atoms with Crippen molar-refractivity contribution in [2.24, 2.45) is 5.84 Å². The standard InChI is InChI=1S/C14H10ClF3N2O/c15-12-7-2-1-6-11(12)13(21)20(19)10-5-3-4-9(8-10)14(16,17)18/h1-8H,19H2. The van der Waals surface area contributed by atoms with Crippen molar-refractivity contribution in [3.05, 3.63) is 64.7 Å². The summed E-state index contributed by atoms with van der Waals surface area (Å²) in [7, 11) is 0. The Labute approximate surface area is 123 Å². The fraction of sp³-hybridized carbons (Fsp3) is 0.0714. The monoisotopic (exact) mass is 314 g/mol. The third kappa shape index (κ3) is 3.34. The van der Waals surface area contributed by atoms with Crippen LogP contribution in [0.15, 0.2) is 48.5 Å². The third-order valence-electron chi connectivity index (χ3n) is 2.77. The first-order chi connectivity index (χ1) is 9.80. The van der Waals surface area contributed by atoms with Crippen molar-refractivity contribution in [1.29, 1.82) is 0 Å². The van der Waals surface area contributed by atoms with Gasteiger partial charge in [0.2, 0.25) is 0 Å². The minimum Gasteiger partial charge on any atom is -0.267 e. The molecule has 0 radical (unpaired) electrons. The molecular formula is C14H10ClF3N2O. The Bertz CT molecular complexity index is 673. The Balaban J connectivity index is 2.34. The Hall–Kier alpha value is -2.05. The second kappa shape index (κ2) is 5.75. The molecular weight excluding hydrogens is 305 g/mol. The Morgan fingerprint density at radius 2 is 1.76 bits per heavy atom. The summed E-state index contributed by atoms with van der Waals surface area (Å²) in [6, 6.07) is 10.3. The van der Waals surface area contributed by atoms with E-state index in [9.17, 15) is 18.0 Å². The van der Waals surface area contributed by atoms with Gasteiger partial charge in [0.05, 0.1) is 21.8 Å². The van der Waals surface area contributed by atoms with E-state index in [0.717, 1.165) is 12.1 Å². The van der Waals surface area contributed by atoms with E-state index in [-0.39, 0.29) is 16.3 Å². The van der Waals surface area contributed by atoms with Crippen molar-refractivity contribution in [1.82, 2.24) is 0 Å². The minimum atomic E-state index is -4.51. The predicted octanol–water partition coefficient (Wildman–Crippen LogP) is 3.88. The highest BCUT2D eigenvalue weighted by Crippen LogP contribution is 2.31. The molecule has 21 heavy (non-hydrogen) atoms. The van der Waals surface area contributed by atoms with Gasteiger partial charge in [0.15, 0.2) is 0 Å². The normalized spacial score (nSPS) is 11.3. The molecule has 0 aliphatic heterocycles. The number of halogens is 4. The summed E-state index contributed by atoms with van der Waals surface area (Å²) in [5, 5.41) is 0.807. The summed E-state index contributed by atoms with van der Waals surface area (Å²) < 4.78 is 38.0. The fourth-order valence-corrected chi connectivity index (χ4v) is 1.93. The van der Waals surface area contributed by atoms with E-state index in [2.05, 4.69) is 0 Å². The van der Waals surface area contributed by atoms with Gasteiger partial charge in [-0.25, -0.2) is 10.9 Å². The topological polar surface area (TPSA) is 46.3 Å². The van der Waals surface area contributed by atoms with Gasteiger partial charge in [-0.1, -0.05) is 29.8 Å². The van der Waals surface area contributed by atoms with Crippen LogP contribution < -0.4 is 10.9 Å². The molecule has 110 valence electrons. The van der Waals surface area contributed by atoms with Crippen LogP contribution in [-0.2, 0) is 6.18 Å². The predicted molar refractivity (Wildman–Crippen MR) is 73.9 cm³/mol. The van der Waals surface area contributed by atoms with Gasteiger partial charge in [0, 0.05) is 0 Å². The molecule has 0 unspecified atom stereocenters. The maximum absolute atomic E-state index is 12.7. The number of hydrogen-bond donors (Lipinski definition) is 1. The zero-order valence-electron chi connectivity index (χ0n) is 10.6. The van der Waals surface area contributed by atoms with E-state index in [1.54, 1.807) is 12.1 Å². The summed E-state index contributed by atoms with van der Waals surface area (Å²) in [5.74, 6) is 4.91. The number of alkyl halides is 3. The first-order valence-electron chi connectivity index (χ1n) is 5.81. The Morgan fingerprint density at radius 3 is 2.38 bits per heavy atom. The summed E-state index contributed by atoms with van der Waals surface area (Å²) in [4.78, 5) is 12.2. The number of hydrazine groups is 1. The lowest BCUT2D eigenvalue weighted by molar-refractivity contribution is -0.137. The fourth-order valence-electron chi connectivity index (χ4n) is 1.71. The molecule has 0 fully saturated rings. The van der Waals surface area contributed by atoms with Crippen LogP contribution >= 0.6 is 11.6 Å². The first-order valence-corrected chi connectivity index (χ1v) is 6.19. The van der Waals surface area contributed by atoms with Gasteiger partial charge in [0.1, 0.15) is 0 Å². The molecule has 2 rings (SSSR count). The molecule has 0 heterocycles. The molecule has 2 N–H and O–H groups in total. The zero-order chi connectivity index (χ0) is 15.6. The quantitative estimate of drug-likeness (QED) is 0.519. The number of benzene rings is 2. The summed E-state index contributed by atoms with van der Waals surface area (Å²) in [5.41, 5.74) is -0.851. The molecule has 0 spiro atoms. The lowest BCUT2D eigenvalue weighted by atomic mass is 10.1. The molecule has 0 atom stereocenters. The maximum Gasteiger partial charge on any atom is 0.416 e. The minimum absolute atomic E-state index is 0.0743. The Kier molecular flexibility index (Phi) is 4.20. The largest absolute Gasteiger partial charge is 0.416 e. The molecule has 0 aliphatic carbocycles. The average molecular weight is 315 g/mol. The van der Waals surface area contributed by atoms with E-state index >= 15 is 0 Å². The van der Waals surface area contributed by atoms with Gasteiger partial charge in [0.25, 0.3) is 5.91 Å².